The Kier molecular flexibility index (Phi) is 3.58. The third kappa shape index (κ3) is 2.60. The van der Waals surface area contributed by atoms with E-state index in [1.165, 1.54) is 0 Å². The molecule has 0 saturated heterocycles. The fourth-order valence-corrected chi connectivity index (χ4v) is 2.68. The average molecular weight is 343 g/mol. The molecule has 0 aliphatic heterocycles. The summed E-state index contributed by atoms with van der Waals surface area (Å²) in [7, 11) is 0. The van der Waals surface area contributed by atoms with Gasteiger partial charge in [-0.15, -0.1) is 0 Å². The van der Waals surface area contributed by atoms with E-state index < -0.39 is 5.97 Å². The van der Waals surface area contributed by atoms with Gasteiger partial charge in [0.05, 0.1) is 5.57 Å². The van der Waals surface area contributed by atoms with Crippen LogP contribution in [-0.2, 0) is 4.79 Å². The van der Waals surface area contributed by atoms with Crippen molar-refractivity contribution in [3.8, 4) is 0 Å². The zero-order valence-electron chi connectivity index (χ0n) is 10.9. The second kappa shape index (κ2) is 5.54. The van der Waals surface area contributed by atoms with Gasteiger partial charge in [0.15, 0.2) is 0 Å². The number of hydrogen-bond donors (Lipinski definition) is 2. The molecule has 5 heteroatoms. The summed E-state index contributed by atoms with van der Waals surface area (Å²) in [6.45, 7) is 0. The van der Waals surface area contributed by atoms with E-state index in [1.54, 1.807) is 24.5 Å². The van der Waals surface area contributed by atoms with Crippen LogP contribution in [0.3, 0.4) is 0 Å². The van der Waals surface area contributed by atoms with Gasteiger partial charge in [-0.3, -0.25) is 0 Å². The first-order chi connectivity index (χ1) is 10.2. The summed E-state index contributed by atoms with van der Waals surface area (Å²) in [6, 6.07) is 11.0. The molecule has 2 aromatic heterocycles. The molecule has 0 spiro atoms. The predicted octanol–water partition coefficient (Wildman–Crippen LogP) is 3.95. The molecule has 0 aliphatic carbocycles. The van der Waals surface area contributed by atoms with E-state index in [4.69, 9.17) is 0 Å². The van der Waals surface area contributed by atoms with E-state index in [1.807, 2.05) is 30.3 Å². The van der Waals surface area contributed by atoms with Gasteiger partial charge in [-0.05, 0) is 24.3 Å². The number of aromatic nitrogens is 2. The van der Waals surface area contributed by atoms with Crippen LogP contribution in [0.25, 0.3) is 22.7 Å². The van der Waals surface area contributed by atoms with Gasteiger partial charge in [-0.25, -0.2) is 9.78 Å². The average Bonchev–Trinajstić information content (AvgIpc) is 2.89. The first-order valence-electron chi connectivity index (χ1n) is 6.29. The number of aliphatic carboxylic acids is 1. The Morgan fingerprint density at radius 3 is 2.81 bits per heavy atom. The van der Waals surface area contributed by atoms with Crippen molar-refractivity contribution >= 4 is 44.6 Å². The molecular weight excluding hydrogens is 332 g/mol. The van der Waals surface area contributed by atoms with Crippen molar-refractivity contribution < 1.29 is 9.90 Å². The summed E-state index contributed by atoms with van der Waals surface area (Å²) < 4.78 is 0.747. The van der Waals surface area contributed by atoms with Crippen molar-refractivity contribution in [1.82, 2.24) is 9.97 Å². The third-order valence-corrected chi connectivity index (χ3v) is 3.87. The fourth-order valence-electron chi connectivity index (χ4n) is 2.19. The Bertz CT molecular complexity index is 852. The lowest BCUT2D eigenvalue weighted by Gasteiger charge is -2.05. The zero-order valence-corrected chi connectivity index (χ0v) is 12.5. The van der Waals surface area contributed by atoms with Gasteiger partial charge in [0, 0.05) is 33.4 Å². The first-order valence-corrected chi connectivity index (χ1v) is 7.08. The Hall–Kier alpha value is -2.40. The number of pyridine rings is 1. The number of rotatable bonds is 3. The standard InChI is InChI=1S/C16H11BrN2O2/c17-14-6-2-1-4-12(14)13(16(20)21)8-10-9-19-15-11(10)5-3-7-18-15/h1-9H,(H,18,19)(H,20,21)/b13-8-. The topological polar surface area (TPSA) is 66.0 Å². The predicted molar refractivity (Wildman–Crippen MR) is 85.7 cm³/mol. The number of nitrogens with zero attached hydrogens (tertiary/aromatic N) is 1. The van der Waals surface area contributed by atoms with E-state index in [0.29, 0.717) is 5.56 Å². The molecule has 2 N–H and O–H groups in total. The lowest BCUT2D eigenvalue weighted by atomic mass is 10.0. The lowest BCUT2D eigenvalue weighted by molar-refractivity contribution is -0.130. The van der Waals surface area contributed by atoms with Gasteiger partial charge in [0.2, 0.25) is 0 Å². The number of nitrogens with one attached hydrogen (secondary N) is 1. The molecular formula is C16H11BrN2O2. The molecule has 1 aromatic carbocycles. The van der Waals surface area contributed by atoms with E-state index in [9.17, 15) is 9.90 Å². The molecule has 2 heterocycles. The van der Waals surface area contributed by atoms with Crippen molar-refractivity contribution in [2.45, 2.75) is 0 Å². The minimum Gasteiger partial charge on any atom is -0.478 e. The Morgan fingerprint density at radius 2 is 2.05 bits per heavy atom. The molecule has 4 nitrogen and oxygen atoms in total. The molecule has 3 rings (SSSR count). The van der Waals surface area contributed by atoms with Crippen LogP contribution in [0.15, 0.2) is 53.3 Å². The maximum Gasteiger partial charge on any atom is 0.336 e. The number of aromatic amines is 1. The first kappa shape index (κ1) is 13.6. The fraction of sp³-hybridized carbons (Fsp3) is 0. The second-order valence-electron chi connectivity index (χ2n) is 4.49. The van der Waals surface area contributed by atoms with Gasteiger partial charge in [0.1, 0.15) is 5.65 Å². The molecule has 3 aromatic rings. The maximum atomic E-state index is 11.6. The van der Waals surface area contributed by atoms with Gasteiger partial charge in [0.25, 0.3) is 0 Å². The second-order valence-corrected chi connectivity index (χ2v) is 5.34. The monoisotopic (exact) mass is 342 g/mol. The smallest absolute Gasteiger partial charge is 0.336 e. The third-order valence-electron chi connectivity index (χ3n) is 3.18. The molecule has 0 unspecified atom stereocenters. The number of carboxylic acids is 1. The summed E-state index contributed by atoms with van der Waals surface area (Å²) in [4.78, 5) is 18.8. The highest BCUT2D eigenvalue weighted by atomic mass is 79.9. The van der Waals surface area contributed by atoms with Crippen molar-refractivity contribution in [1.29, 1.82) is 0 Å². The van der Waals surface area contributed by atoms with Crippen molar-refractivity contribution in [2.24, 2.45) is 0 Å². The van der Waals surface area contributed by atoms with Crippen LogP contribution in [-0.4, -0.2) is 21.0 Å². The summed E-state index contributed by atoms with van der Waals surface area (Å²) in [5.74, 6) is -0.972. The Labute approximate surface area is 129 Å². The van der Waals surface area contributed by atoms with E-state index >= 15 is 0 Å². The number of hydrogen-bond acceptors (Lipinski definition) is 2. The molecule has 0 saturated carbocycles. The van der Waals surface area contributed by atoms with Gasteiger partial charge in [-0.2, -0.15) is 0 Å². The van der Waals surface area contributed by atoms with Crippen LogP contribution in [0.2, 0.25) is 0 Å². The van der Waals surface area contributed by atoms with Gasteiger partial charge >= 0.3 is 5.97 Å². The summed E-state index contributed by atoms with van der Waals surface area (Å²) >= 11 is 3.39. The number of benzene rings is 1. The molecule has 0 bridgehead atoms. The van der Waals surface area contributed by atoms with E-state index in [2.05, 4.69) is 25.9 Å². The molecule has 0 fully saturated rings. The van der Waals surface area contributed by atoms with Crippen LogP contribution >= 0.6 is 15.9 Å². The molecule has 0 aliphatic rings. The lowest BCUT2D eigenvalue weighted by Crippen LogP contribution is -2.00. The normalized spacial score (nSPS) is 11.8. The molecule has 104 valence electrons. The number of fused-ring (bicyclic) bond motifs is 1. The van der Waals surface area contributed by atoms with Crippen LogP contribution in [0.5, 0.6) is 0 Å². The van der Waals surface area contributed by atoms with Gasteiger partial charge in [-0.1, -0.05) is 34.1 Å². The zero-order chi connectivity index (χ0) is 14.8. The summed E-state index contributed by atoms with van der Waals surface area (Å²) in [6.07, 6.45) is 5.11. The number of halogens is 1. The number of carbonyl (C=O) groups is 1. The highest BCUT2D eigenvalue weighted by Gasteiger charge is 2.14. The van der Waals surface area contributed by atoms with Crippen molar-refractivity contribution in [2.75, 3.05) is 0 Å². The minimum absolute atomic E-state index is 0.229. The highest BCUT2D eigenvalue weighted by Crippen LogP contribution is 2.28. The number of H-pyrrole nitrogens is 1. The molecule has 0 amide bonds. The van der Waals surface area contributed by atoms with E-state index in [0.717, 1.165) is 21.1 Å². The van der Waals surface area contributed by atoms with Crippen LogP contribution < -0.4 is 0 Å². The summed E-state index contributed by atoms with van der Waals surface area (Å²) in [5.41, 5.74) is 2.40. The Morgan fingerprint density at radius 1 is 1.24 bits per heavy atom. The quantitative estimate of drug-likeness (QED) is 0.708. The number of carboxylic acid groups (broad SMARTS) is 1. The van der Waals surface area contributed by atoms with Crippen LogP contribution in [0, 0.1) is 0 Å². The Balaban J connectivity index is 2.18. The molecule has 0 atom stereocenters. The maximum absolute atomic E-state index is 11.6. The van der Waals surface area contributed by atoms with Gasteiger partial charge < -0.3 is 10.1 Å². The molecule has 0 radical (unpaired) electrons. The summed E-state index contributed by atoms with van der Waals surface area (Å²) in [5, 5.41) is 10.4. The van der Waals surface area contributed by atoms with Crippen molar-refractivity contribution in [3.05, 3.63) is 64.4 Å². The SMILES string of the molecule is O=C(O)/C(=C\c1c[nH]c2ncccc12)c1ccccc1Br. The van der Waals surface area contributed by atoms with Crippen molar-refractivity contribution in [3.63, 3.8) is 0 Å². The minimum atomic E-state index is -0.972. The highest BCUT2D eigenvalue weighted by molar-refractivity contribution is 9.10. The van der Waals surface area contributed by atoms with Crippen LogP contribution in [0.4, 0.5) is 0 Å². The molecule has 21 heavy (non-hydrogen) atoms. The largest absolute Gasteiger partial charge is 0.478 e. The van der Waals surface area contributed by atoms with Crippen LogP contribution in [0.1, 0.15) is 11.1 Å². The van der Waals surface area contributed by atoms with E-state index in [-0.39, 0.29) is 5.57 Å².